The molecule has 0 aliphatic carbocycles. The van der Waals surface area contributed by atoms with E-state index in [1.807, 2.05) is 6.92 Å². The molecule has 0 aliphatic rings. The van der Waals surface area contributed by atoms with Crippen LogP contribution in [0.5, 0.6) is 0 Å². The summed E-state index contributed by atoms with van der Waals surface area (Å²) in [5.74, 6) is 0.590. The van der Waals surface area contributed by atoms with Crippen molar-refractivity contribution in [2.24, 2.45) is 5.92 Å². The molecule has 0 radical (unpaired) electrons. The van der Waals surface area contributed by atoms with Gasteiger partial charge in [-0.25, -0.2) is 0 Å². The molecule has 1 nitrogen and oxygen atoms in total. The summed E-state index contributed by atoms with van der Waals surface area (Å²) in [5.41, 5.74) is 0. The molecule has 1 unspecified atom stereocenters. The number of carbonyl (C=O) groups excluding carboxylic acids is 1. The average molecular weight is 158 g/mol. The molecule has 0 N–H and O–H groups in total. The van der Waals surface area contributed by atoms with Crippen LogP contribution in [-0.4, -0.2) is 5.78 Å². The molecule has 0 rings (SSSR count). The van der Waals surface area contributed by atoms with E-state index in [1.54, 1.807) is 6.92 Å². The van der Waals surface area contributed by atoms with E-state index in [-0.39, 0.29) is 5.92 Å². The lowest BCUT2D eigenvalue weighted by Gasteiger charge is -2.01. The minimum Gasteiger partial charge on any atom is -0.300 e. The molecule has 11 heavy (non-hydrogen) atoms. The molecule has 1 atom stereocenters. The Hall–Kier alpha value is -0.330. The van der Waals surface area contributed by atoms with Crippen molar-refractivity contribution in [2.75, 3.05) is 0 Å². The fourth-order valence-electron chi connectivity index (χ4n) is 0.636. The number of rotatable bonds is 3. The van der Waals surface area contributed by atoms with Crippen molar-refractivity contribution in [1.29, 1.82) is 0 Å². The van der Waals surface area contributed by atoms with E-state index >= 15 is 0 Å². The van der Waals surface area contributed by atoms with Gasteiger partial charge in [0.25, 0.3) is 0 Å². The van der Waals surface area contributed by atoms with Crippen molar-refractivity contribution in [3.05, 3.63) is 0 Å². The van der Waals surface area contributed by atoms with Gasteiger partial charge in [0, 0.05) is 5.92 Å². The van der Waals surface area contributed by atoms with E-state index in [2.05, 4.69) is 20.8 Å². The van der Waals surface area contributed by atoms with Crippen molar-refractivity contribution in [3.63, 3.8) is 0 Å². The molecule has 0 fully saturated rings. The van der Waals surface area contributed by atoms with Crippen LogP contribution in [0.1, 0.15) is 53.9 Å². The molecular weight excluding hydrogens is 136 g/mol. The maximum absolute atomic E-state index is 10.5. The Bertz CT molecular complexity index is 86.9. The van der Waals surface area contributed by atoms with Crippen molar-refractivity contribution in [3.8, 4) is 0 Å². The SMILES string of the molecule is CCC.CCCC(C)C(C)=O. The Morgan fingerprint density at radius 1 is 1.27 bits per heavy atom. The highest BCUT2D eigenvalue weighted by Crippen LogP contribution is 2.04. The van der Waals surface area contributed by atoms with E-state index < -0.39 is 0 Å². The van der Waals surface area contributed by atoms with Gasteiger partial charge in [-0.15, -0.1) is 0 Å². The summed E-state index contributed by atoms with van der Waals surface area (Å²) in [6.45, 7) is 9.98. The first kappa shape index (κ1) is 13.3. The van der Waals surface area contributed by atoms with E-state index in [9.17, 15) is 4.79 Å². The third-order valence-corrected chi connectivity index (χ3v) is 1.42. The predicted octanol–water partition coefficient (Wildman–Crippen LogP) is 3.43. The third-order valence-electron chi connectivity index (χ3n) is 1.42. The van der Waals surface area contributed by atoms with Gasteiger partial charge in [0.2, 0.25) is 0 Å². The van der Waals surface area contributed by atoms with Crippen LogP contribution in [0.15, 0.2) is 0 Å². The number of ketones is 1. The minimum absolute atomic E-state index is 0.278. The van der Waals surface area contributed by atoms with Crippen LogP contribution < -0.4 is 0 Å². The summed E-state index contributed by atoms with van der Waals surface area (Å²) in [4.78, 5) is 10.5. The fraction of sp³-hybridized carbons (Fsp3) is 0.900. The summed E-state index contributed by atoms with van der Waals surface area (Å²) in [5, 5.41) is 0. The largest absolute Gasteiger partial charge is 0.300 e. The normalized spacial score (nSPS) is 11.4. The molecule has 0 saturated carbocycles. The highest BCUT2D eigenvalue weighted by atomic mass is 16.1. The summed E-state index contributed by atoms with van der Waals surface area (Å²) in [6.07, 6.45) is 3.40. The van der Waals surface area contributed by atoms with Crippen molar-refractivity contribution in [1.82, 2.24) is 0 Å². The lowest BCUT2D eigenvalue weighted by molar-refractivity contribution is -0.120. The van der Waals surface area contributed by atoms with E-state index in [4.69, 9.17) is 0 Å². The molecule has 0 aromatic rings. The van der Waals surface area contributed by atoms with Gasteiger partial charge in [-0.1, -0.05) is 40.5 Å². The lowest BCUT2D eigenvalue weighted by atomic mass is 10.0. The van der Waals surface area contributed by atoms with Crippen LogP contribution >= 0.6 is 0 Å². The first-order valence-corrected chi connectivity index (χ1v) is 4.60. The Kier molecular flexibility index (Phi) is 11.7. The zero-order chi connectivity index (χ0) is 9.28. The number of carbonyl (C=O) groups is 1. The van der Waals surface area contributed by atoms with Crippen LogP contribution in [0.4, 0.5) is 0 Å². The first-order valence-electron chi connectivity index (χ1n) is 4.60. The average Bonchev–Trinajstić information content (AvgIpc) is 1.90. The second-order valence-corrected chi connectivity index (χ2v) is 3.01. The number of hydrogen-bond donors (Lipinski definition) is 0. The Labute approximate surface area is 71.2 Å². The maximum Gasteiger partial charge on any atom is 0.132 e. The number of hydrogen-bond acceptors (Lipinski definition) is 1. The third kappa shape index (κ3) is 12.8. The van der Waals surface area contributed by atoms with E-state index in [0.29, 0.717) is 5.78 Å². The summed E-state index contributed by atoms with van der Waals surface area (Å²) in [6, 6.07) is 0. The number of Topliss-reactive ketones (excluding diaryl/α,β-unsaturated/α-hetero) is 1. The summed E-state index contributed by atoms with van der Waals surface area (Å²) >= 11 is 0. The molecular formula is C10H22O. The van der Waals surface area contributed by atoms with Crippen LogP contribution in [0.25, 0.3) is 0 Å². The van der Waals surface area contributed by atoms with Gasteiger partial charge in [-0.05, 0) is 13.3 Å². The lowest BCUT2D eigenvalue weighted by Crippen LogP contribution is -2.04. The zero-order valence-electron chi connectivity index (χ0n) is 8.61. The topological polar surface area (TPSA) is 17.1 Å². The monoisotopic (exact) mass is 158 g/mol. The molecule has 0 aromatic heterocycles. The molecule has 0 heterocycles. The molecule has 0 aromatic carbocycles. The van der Waals surface area contributed by atoms with Crippen LogP contribution in [0.2, 0.25) is 0 Å². The van der Waals surface area contributed by atoms with Crippen LogP contribution in [0.3, 0.4) is 0 Å². The van der Waals surface area contributed by atoms with Crippen molar-refractivity contribution in [2.45, 2.75) is 53.9 Å². The minimum atomic E-state index is 0.278. The van der Waals surface area contributed by atoms with Gasteiger partial charge in [0.15, 0.2) is 0 Å². The van der Waals surface area contributed by atoms with Crippen LogP contribution in [-0.2, 0) is 4.79 Å². The quantitative estimate of drug-likeness (QED) is 0.615. The first-order chi connectivity index (χ1) is 5.09. The Morgan fingerprint density at radius 3 is 1.73 bits per heavy atom. The van der Waals surface area contributed by atoms with Gasteiger partial charge in [0.05, 0.1) is 0 Å². The molecule has 0 amide bonds. The second kappa shape index (κ2) is 9.67. The Balaban J connectivity index is 0. The highest BCUT2D eigenvalue weighted by molar-refractivity contribution is 5.77. The zero-order valence-corrected chi connectivity index (χ0v) is 8.61. The van der Waals surface area contributed by atoms with Gasteiger partial charge in [-0.2, -0.15) is 0 Å². The molecule has 0 bridgehead atoms. The molecule has 1 heteroatoms. The molecule has 0 saturated heterocycles. The molecule has 68 valence electrons. The van der Waals surface area contributed by atoms with Gasteiger partial charge >= 0.3 is 0 Å². The van der Waals surface area contributed by atoms with Crippen LogP contribution in [0, 0.1) is 5.92 Å². The molecule has 0 spiro atoms. The highest BCUT2D eigenvalue weighted by Gasteiger charge is 2.03. The second-order valence-electron chi connectivity index (χ2n) is 3.01. The predicted molar refractivity (Wildman–Crippen MR) is 50.7 cm³/mol. The van der Waals surface area contributed by atoms with E-state index in [0.717, 1.165) is 12.8 Å². The van der Waals surface area contributed by atoms with Gasteiger partial charge in [-0.3, -0.25) is 4.79 Å². The summed E-state index contributed by atoms with van der Waals surface area (Å²) < 4.78 is 0. The van der Waals surface area contributed by atoms with E-state index in [1.165, 1.54) is 6.42 Å². The van der Waals surface area contributed by atoms with Gasteiger partial charge in [0.1, 0.15) is 5.78 Å². The molecule has 0 aliphatic heterocycles. The smallest absolute Gasteiger partial charge is 0.132 e. The van der Waals surface area contributed by atoms with Crippen molar-refractivity contribution < 1.29 is 4.79 Å². The maximum atomic E-state index is 10.5. The Morgan fingerprint density at radius 2 is 1.64 bits per heavy atom. The van der Waals surface area contributed by atoms with Crippen molar-refractivity contribution >= 4 is 5.78 Å². The van der Waals surface area contributed by atoms with Gasteiger partial charge < -0.3 is 0 Å². The fourth-order valence-corrected chi connectivity index (χ4v) is 0.636. The standard InChI is InChI=1S/C7H14O.C3H8/c1-4-5-6(2)7(3)8;1-3-2/h6H,4-5H2,1-3H3;3H2,1-2H3. The summed E-state index contributed by atoms with van der Waals surface area (Å²) in [7, 11) is 0.